The number of fused-ring (bicyclic) bond motifs is 1. The molecular formula is C23H17FN6O. The Morgan fingerprint density at radius 1 is 1.06 bits per heavy atom. The first-order chi connectivity index (χ1) is 15.1. The molecule has 0 radical (unpaired) electrons. The second-order valence-corrected chi connectivity index (χ2v) is 7.14. The highest BCUT2D eigenvalue weighted by Gasteiger charge is 2.15. The summed E-state index contributed by atoms with van der Waals surface area (Å²) in [6.45, 7) is 1.89. The molecule has 2 N–H and O–H groups in total. The van der Waals surface area contributed by atoms with Crippen LogP contribution < -0.4 is 5.32 Å². The highest BCUT2D eigenvalue weighted by Crippen LogP contribution is 2.26. The second-order valence-electron chi connectivity index (χ2n) is 7.14. The van der Waals surface area contributed by atoms with Crippen LogP contribution in [0.25, 0.3) is 27.8 Å². The molecule has 8 heteroatoms. The Labute approximate surface area is 176 Å². The Hall–Kier alpha value is -4.33. The van der Waals surface area contributed by atoms with Crippen LogP contribution in [0.5, 0.6) is 0 Å². The van der Waals surface area contributed by atoms with Gasteiger partial charge in [0.05, 0.1) is 28.5 Å². The van der Waals surface area contributed by atoms with Crippen molar-refractivity contribution in [2.24, 2.45) is 0 Å². The van der Waals surface area contributed by atoms with E-state index in [0.717, 1.165) is 27.7 Å². The van der Waals surface area contributed by atoms with Gasteiger partial charge >= 0.3 is 0 Å². The number of rotatable bonds is 4. The van der Waals surface area contributed by atoms with Gasteiger partial charge in [-0.3, -0.25) is 14.5 Å². The molecule has 3 aromatic heterocycles. The Balaban J connectivity index is 1.48. The normalized spacial score (nSPS) is 11.0. The molecule has 31 heavy (non-hydrogen) atoms. The molecule has 0 spiro atoms. The number of aromatic nitrogens is 5. The lowest BCUT2D eigenvalue weighted by molar-refractivity contribution is 0.102. The van der Waals surface area contributed by atoms with Crippen molar-refractivity contribution in [3.63, 3.8) is 0 Å². The van der Waals surface area contributed by atoms with Gasteiger partial charge in [0.2, 0.25) is 0 Å². The molecule has 0 saturated heterocycles. The fraction of sp³-hybridized carbons (Fsp3) is 0.0435. The molecule has 2 aromatic carbocycles. The summed E-state index contributed by atoms with van der Waals surface area (Å²) in [6, 6.07) is 13.8. The van der Waals surface area contributed by atoms with Crippen molar-refractivity contribution in [2.45, 2.75) is 6.92 Å². The molecule has 1 amide bonds. The van der Waals surface area contributed by atoms with Crippen molar-refractivity contribution >= 4 is 22.8 Å². The van der Waals surface area contributed by atoms with E-state index in [1.165, 1.54) is 12.1 Å². The maximum atomic E-state index is 14.8. The zero-order valence-corrected chi connectivity index (χ0v) is 16.5. The Morgan fingerprint density at radius 3 is 2.74 bits per heavy atom. The molecule has 7 nitrogen and oxygen atoms in total. The number of pyridine rings is 1. The quantitative estimate of drug-likeness (QED) is 0.455. The molecule has 5 rings (SSSR count). The number of hydrogen-bond donors (Lipinski definition) is 2. The fourth-order valence-electron chi connectivity index (χ4n) is 3.43. The van der Waals surface area contributed by atoms with Crippen LogP contribution in [0, 0.1) is 12.7 Å². The zero-order chi connectivity index (χ0) is 21.4. The molecular weight excluding hydrogens is 395 g/mol. The van der Waals surface area contributed by atoms with Crippen LogP contribution in [0.1, 0.15) is 15.9 Å². The van der Waals surface area contributed by atoms with E-state index in [1.54, 1.807) is 41.6 Å². The van der Waals surface area contributed by atoms with Gasteiger partial charge in [-0.05, 0) is 60.5 Å². The summed E-state index contributed by atoms with van der Waals surface area (Å²) < 4.78 is 16.6. The average molecular weight is 412 g/mol. The van der Waals surface area contributed by atoms with Crippen LogP contribution in [0.15, 0.2) is 73.4 Å². The van der Waals surface area contributed by atoms with Crippen LogP contribution in [0.2, 0.25) is 0 Å². The second kappa shape index (κ2) is 7.49. The summed E-state index contributed by atoms with van der Waals surface area (Å²) in [6.07, 6.45) is 6.76. The van der Waals surface area contributed by atoms with E-state index in [1.807, 2.05) is 31.2 Å². The van der Waals surface area contributed by atoms with Crippen LogP contribution in [0.4, 0.5) is 10.2 Å². The summed E-state index contributed by atoms with van der Waals surface area (Å²) in [5.74, 6) is -0.809. The van der Waals surface area contributed by atoms with E-state index >= 15 is 0 Å². The van der Waals surface area contributed by atoms with Gasteiger partial charge in [-0.15, -0.1) is 0 Å². The summed E-state index contributed by atoms with van der Waals surface area (Å²) >= 11 is 0. The number of anilines is 1. The number of hydrogen-bond acceptors (Lipinski definition) is 4. The van der Waals surface area contributed by atoms with Crippen molar-refractivity contribution in [2.75, 3.05) is 5.32 Å². The third-order valence-electron chi connectivity index (χ3n) is 5.01. The van der Waals surface area contributed by atoms with Gasteiger partial charge in [0.15, 0.2) is 0 Å². The number of benzene rings is 2. The lowest BCUT2D eigenvalue weighted by atomic mass is 10.1. The molecule has 0 saturated carbocycles. The SMILES string of the molecule is Cc1ccnc(NC(=O)c2ccc(-n3cnc4ccc(-c5cn[nH]c5)cc43)cc2F)c1. The summed E-state index contributed by atoms with van der Waals surface area (Å²) in [5, 5.41) is 9.41. The predicted octanol–water partition coefficient (Wildman–Crippen LogP) is 4.51. The van der Waals surface area contributed by atoms with Crippen molar-refractivity contribution in [1.29, 1.82) is 0 Å². The van der Waals surface area contributed by atoms with Crippen LogP contribution in [0.3, 0.4) is 0 Å². The first-order valence-corrected chi connectivity index (χ1v) is 9.59. The van der Waals surface area contributed by atoms with E-state index in [4.69, 9.17) is 0 Å². The van der Waals surface area contributed by atoms with Gasteiger partial charge in [-0.2, -0.15) is 5.10 Å². The number of amides is 1. The van der Waals surface area contributed by atoms with Crippen LogP contribution in [-0.2, 0) is 0 Å². The number of nitrogens with one attached hydrogen (secondary N) is 2. The minimum Gasteiger partial charge on any atom is -0.306 e. The van der Waals surface area contributed by atoms with E-state index in [2.05, 4.69) is 25.5 Å². The van der Waals surface area contributed by atoms with Crippen molar-refractivity contribution < 1.29 is 9.18 Å². The number of halogens is 1. The fourth-order valence-corrected chi connectivity index (χ4v) is 3.43. The van der Waals surface area contributed by atoms with Crippen molar-refractivity contribution in [3.8, 4) is 16.8 Å². The molecule has 5 aromatic rings. The molecule has 0 bridgehead atoms. The molecule has 3 heterocycles. The minimum absolute atomic E-state index is 0.0597. The number of aromatic amines is 1. The molecule has 0 aliphatic heterocycles. The molecule has 0 atom stereocenters. The molecule has 152 valence electrons. The smallest absolute Gasteiger partial charge is 0.259 e. The minimum atomic E-state index is -0.629. The van der Waals surface area contributed by atoms with E-state index in [-0.39, 0.29) is 5.56 Å². The van der Waals surface area contributed by atoms with Crippen LogP contribution in [-0.4, -0.2) is 30.6 Å². The third-order valence-corrected chi connectivity index (χ3v) is 5.01. The highest BCUT2D eigenvalue weighted by molar-refractivity contribution is 6.04. The molecule has 0 aliphatic carbocycles. The van der Waals surface area contributed by atoms with Crippen LogP contribution >= 0.6 is 0 Å². The van der Waals surface area contributed by atoms with Crippen molar-refractivity contribution in [3.05, 3.63) is 90.4 Å². The number of carbonyl (C=O) groups excluding carboxylic acids is 1. The van der Waals surface area contributed by atoms with Gasteiger partial charge in [-0.1, -0.05) is 6.07 Å². The largest absolute Gasteiger partial charge is 0.306 e. The first kappa shape index (κ1) is 18.7. The van der Waals surface area contributed by atoms with Gasteiger partial charge in [-0.25, -0.2) is 14.4 Å². The monoisotopic (exact) mass is 412 g/mol. The number of carbonyl (C=O) groups is 1. The van der Waals surface area contributed by atoms with E-state index in [0.29, 0.717) is 11.5 Å². The topological polar surface area (TPSA) is 88.5 Å². The highest BCUT2D eigenvalue weighted by atomic mass is 19.1. The Kier molecular flexibility index (Phi) is 4.51. The lowest BCUT2D eigenvalue weighted by Gasteiger charge is -2.09. The number of nitrogens with zero attached hydrogens (tertiary/aromatic N) is 4. The van der Waals surface area contributed by atoms with Gasteiger partial charge in [0.25, 0.3) is 5.91 Å². The predicted molar refractivity (Wildman–Crippen MR) is 116 cm³/mol. The number of aryl methyl sites for hydroxylation is 1. The maximum Gasteiger partial charge on any atom is 0.259 e. The standard InChI is InChI=1S/C23H17FN6O/c1-14-6-7-25-22(8-14)29-23(31)18-4-3-17(10-19(18)24)30-13-26-20-5-2-15(9-21(20)30)16-11-27-28-12-16/h2-13H,1H3,(H,27,28)(H,25,29,31). The molecule has 0 fully saturated rings. The summed E-state index contributed by atoms with van der Waals surface area (Å²) in [5.41, 5.74) is 4.95. The Morgan fingerprint density at radius 2 is 1.97 bits per heavy atom. The summed E-state index contributed by atoms with van der Waals surface area (Å²) in [4.78, 5) is 21.0. The number of H-pyrrole nitrogens is 1. The first-order valence-electron chi connectivity index (χ1n) is 9.59. The van der Waals surface area contributed by atoms with E-state index in [9.17, 15) is 9.18 Å². The average Bonchev–Trinajstić information content (AvgIpc) is 3.43. The third kappa shape index (κ3) is 3.55. The van der Waals surface area contributed by atoms with Gasteiger partial charge < -0.3 is 5.32 Å². The molecule has 0 unspecified atom stereocenters. The lowest BCUT2D eigenvalue weighted by Crippen LogP contribution is -2.15. The van der Waals surface area contributed by atoms with Gasteiger partial charge in [0, 0.05) is 18.0 Å². The number of imidazole rings is 1. The zero-order valence-electron chi connectivity index (χ0n) is 16.5. The maximum absolute atomic E-state index is 14.8. The Bertz CT molecular complexity index is 1410. The van der Waals surface area contributed by atoms with Gasteiger partial charge in [0.1, 0.15) is 18.0 Å². The van der Waals surface area contributed by atoms with Crippen molar-refractivity contribution in [1.82, 2.24) is 24.7 Å². The molecule has 0 aliphatic rings. The summed E-state index contributed by atoms with van der Waals surface area (Å²) in [7, 11) is 0. The van der Waals surface area contributed by atoms with E-state index < -0.39 is 11.7 Å².